The van der Waals surface area contributed by atoms with Gasteiger partial charge >= 0.3 is 0 Å². The van der Waals surface area contributed by atoms with Crippen molar-refractivity contribution in [1.29, 1.82) is 0 Å². The molecule has 1 aromatic rings. The Labute approximate surface area is 107 Å². The first-order valence-electron chi connectivity index (χ1n) is 6.19. The maximum atomic E-state index is 6.15. The Morgan fingerprint density at radius 2 is 2.41 bits per heavy atom. The molecule has 3 nitrogen and oxygen atoms in total. The SMILES string of the molecule is CCOc1ccc(NC2CCCNC2)cc1Cl. The van der Waals surface area contributed by atoms with Gasteiger partial charge in [-0.05, 0) is 44.5 Å². The van der Waals surface area contributed by atoms with E-state index in [2.05, 4.69) is 10.6 Å². The Kier molecular flexibility index (Phi) is 4.51. The van der Waals surface area contributed by atoms with Gasteiger partial charge in [-0.1, -0.05) is 11.6 Å². The van der Waals surface area contributed by atoms with Crippen LogP contribution in [0, 0.1) is 0 Å². The molecule has 17 heavy (non-hydrogen) atoms. The lowest BCUT2D eigenvalue weighted by atomic mass is 10.1. The molecule has 0 spiro atoms. The lowest BCUT2D eigenvalue weighted by Crippen LogP contribution is -2.38. The summed E-state index contributed by atoms with van der Waals surface area (Å²) in [7, 11) is 0. The zero-order valence-corrected chi connectivity index (χ0v) is 10.9. The highest BCUT2D eigenvalue weighted by Crippen LogP contribution is 2.28. The second kappa shape index (κ2) is 6.12. The van der Waals surface area contributed by atoms with Crippen LogP contribution < -0.4 is 15.4 Å². The second-order valence-corrected chi connectivity index (χ2v) is 4.67. The van der Waals surface area contributed by atoms with E-state index >= 15 is 0 Å². The van der Waals surface area contributed by atoms with Crippen LogP contribution in [0.5, 0.6) is 5.75 Å². The quantitative estimate of drug-likeness (QED) is 0.867. The average molecular weight is 255 g/mol. The molecule has 0 radical (unpaired) electrons. The van der Waals surface area contributed by atoms with Gasteiger partial charge < -0.3 is 15.4 Å². The fourth-order valence-electron chi connectivity index (χ4n) is 2.07. The van der Waals surface area contributed by atoms with Gasteiger partial charge in [-0.3, -0.25) is 0 Å². The van der Waals surface area contributed by atoms with E-state index in [4.69, 9.17) is 16.3 Å². The predicted octanol–water partition coefficient (Wildman–Crippen LogP) is 2.90. The monoisotopic (exact) mass is 254 g/mol. The first-order chi connectivity index (χ1) is 8.29. The fourth-order valence-corrected chi connectivity index (χ4v) is 2.31. The summed E-state index contributed by atoms with van der Waals surface area (Å²) in [6, 6.07) is 6.37. The van der Waals surface area contributed by atoms with E-state index < -0.39 is 0 Å². The lowest BCUT2D eigenvalue weighted by Gasteiger charge is -2.25. The number of hydrogen-bond acceptors (Lipinski definition) is 3. The highest BCUT2D eigenvalue weighted by molar-refractivity contribution is 6.32. The molecule has 94 valence electrons. The van der Waals surface area contributed by atoms with E-state index in [0.29, 0.717) is 17.7 Å². The van der Waals surface area contributed by atoms with Crippen LogP contribution in [0.25, 0.3) is 0 Å². The van der Waals surface area contributed by atoms with Crippen LogP contribution in [0.2, 0.25) is 5.02 Å². The summed E-state index contributed by atoms with van der Waals surface area (Å²) in [5.74, 6) is 0.751. The summed E-state index contributed by atoms with van der Waals surface area (Å²) in [6.07, 6.45) is 2.43. The standard InChI is InChI=1S/C13H19ClN2O/c1-2-17-13-6-5-10(8-12(13)14)16-11-4-3-7-15-9-11/h5-6,8,11,15-16H,2-4,7,9H2,1H3. The topological polar surface area (TPSA) is 33.3 Å². The molecule has 0 amide bonds. The molecule has 4 heteroatoms. The van der Waals surface area contributed by atoms with Crippen LogP contribution in [0.3, 0.4) is 0 Å². The normalized spacial score (nSPS) is 20.0. The van der Waals surface area contributed by atoms with Gasteiger partial charge in [-0.15, -0.1) is 0 Å². The molecular formula is C13H19ClN2O. The molecule has 1 saturated heterocycles. The van der Waals surface area contributed by atoms with Gasteiger partial charge in [-0.25, -0.2) is 0 Å². The molecule has 0 aliphatic carbocycles. The molecule has 0 saturated carbocycles. The molecule has 1 fully saturated rings. The third-order valence-corrected chi connectivity index (χ3v) is 3.19. The largest absolute Gasteiger partial charge is 0.492 e. The zero-order chi connectivity index (χ0) is 12.1. The average Bonchev–Trinajstić information content (AvgIpc) is 2.34. The summed E-state index contributed by atoms with van der Waals surface area (Å²) in [5.41, 5.74) is 1.06. The lowest BCUT2D eigenvalue weighted by molar-refractivity contribution is 0.340. The number of nitrogens with one attached hydrogen (secondary N) is 2. The van der Waals surface area contributed by atoms with Crippen LogP contribution in [0.1, 0.15) is 19.8 Å². The first kappa shape index (κ1) is 12.5. The number of piperidine rings is 1. The summed E-state index contributed by atoms with van der Waals surface area (Å²) >= 11 is 6.15. The van der Waals surface area contributed by atoms with Crippen LogP contribution in [0.4, 0.5) is 5.69 Å². The molecule has 0 bridgehead atoms. The van der Waals surface area contributed by atoms with E-state index in [1.165, 1.54) is 12.8 Å². The van der Waals surface area contributed by atoms with Crippen molar-refractivity contribution >= 4 is 17.3 Å². The number of ether oxygens (including phenoxy) is 1. The van der Waals surface area contributed by atoms with E-state index in [9.17, 15) is 0 Å². The second-order valence-electron chi connectivity index (χ2n) is 4.27. The maximum Gasteiger partial charge on any atom is 0.138 e. The Balaban J connectivity index is 1.98. The van der Waals surface area contributed by atoms with Gasteiger partial charge in [0.2, 0.25) is 0 Å². The van der Waals surface area contributed by atoms with Gasteiger partial charge in [0.25, 0.3) is 0 Å². The Morgan fingerprint density at radius 1 is 1.53 bits per heavy atom. The third kappa shape index (κ3) is 3.51. The Bertz CT molecular complexity index is 364. The van der Waals surface area contributed by atoms with E-state index in [0.717, 1.165) is 24.5 Å². The molecule has 1 aromatic carbocycles. The molecule has 1 aliphatic heterocycles. The predicted molar refractivity (Wildman–Crippen MR) is 72.1 cm³/mol. The molecular weight excluding hydrogens is 236 g/mol. The molecule has 0 aromatic heterocycles. The highest BCUT2D eigenvalue weighted by Gasteiger charge is 2.12. The molecule has 1 unspecified atom stereocenters. The number of halogens is 1. The number of anilines is 1. The van der Waals surface area contributed by atoms with Crippen molar-refractivity contribution in [3.8, 4) is 5.75 Å². The van der Waals surface area contributed by atoms with E-state index in [1.807, 2.05) is 25.1 Å². The van der Waals surface area contributed by atoms with Crippen molar-refractivity contribution in [2.24, 2.45) is 0 Å². The van der Waals surface area contributed by atoms with Crippen molar-refractivity contribution in [2.45, 2.75) is 25.8 Å². The molecule has 1 atom stereocenters. The van der Waals surface area contributed by atoms with Gasteiger partial charge in [-0.2, -0.15) is 0 Å². The molecule has 1 heterocycles. The summed E-state index contributed by atoms with van der Waals surface area (Å²) in [4.78, 5) is 0. The van der Waals surface area contributed by atoms with Crippen molar-refractivity contribution in [3.63, 3.8) is 0 Å². The van der Waals surface area contributed by atoms with Gasteiger partial charge in [0.05, 0.1) is 11.6 Å². The third-order valence-electron chi connectivity index (χ3n) is 2.90. The van der Waals surface area contributed by atoms with Crippen LogP contribution >= 0.6 is 11.6 Å². The van der Waals surface area contributed by atoms with Crippen molar-refractivity contribution in [3.05, 3.63) is 23.2 Å². The molecule has 2 N–H and O–H groups in total. The first-order valence-corrected chi connectivity index (χ1v) is 6.57. The zero-order valence-electron chi connectivity index (χ0n) is 10.1. The Morgan fingerprint density at radius 3 is 3.06 bits per heavy atom. The smallest absolute Gasteiger partial charge is 0.138 e. The summed E-state index contributed by atoms with van der Waals surface area (Å²) < 4.78 is 5.41. The van der Waals surface area contributed by atoms with Gasteiger partial charge in [0.1, 0.15) is 5.75 Å². The number of hydrogen-bond donors (Lipinski definition) is 2. The fraction of sp³-hybridized carbons (Fsp3) is 0.538. The van der Waals surface area contributed by atoms with Crippen molar-refractivity contribution < 1.29 is 4.74 Å². The Hall–Kier alpha value is -0.930. The minimum absolute atomic E-state index is 0.498. The van der Waals surface area contributed by atoms with Gasteiger partial charge in [0.15, 0.2) is 0 Å². The summed E-state index contributed by atoms with van der Waals surface area (Å²) in [5, 5.41) is 7.54. The van der Waals surface area contributed by atoms with Gasteiger partial charge in [0, 0.05) is 18.3 Å². The summed E-state index contributed by atoms with van der Waals surface area (Å²) in [6.45, 7) is 4.74. The minimum atomic E-state index is 0.498. The molecule has 2 rings (SSSR count). The molecule has 1 aliphatic rings. The van der Waals surface area contributed by atoms with E-state index in [-0.39, 0.29) is 0 Å². The van der Waals surface area contributed by atoms with Crippen molar-refractivity contribution in [1.82, 2.24) is 5.32 Å². The van der Waals surface area contributed by atoms with E-state index in [1.54, 1.807) is 0 Å². The maximum absolute atomic E-state index is 6.15. The number of rotatable bonds is 4. The van der Waals surface area contributed by atoms with Crippen molar-refractivity contribution in [2.75, 3.05) is 25.0 Å². The van der Waals surface area contributed by atoms with Crippen LogP contribution in [0.15, 0.2) is 18.2 Å². The number of benzene rings is 1. The minimum Gasteiger partial charge on any atom is -0.492 e. The van der Waals surface area contributed by atoms with Crippen LogP contribution in [-0.4, -0.2) is 25.7 Å². The highest BCUT2D eigenvalue weighted by atomic mass is 35.5. The van der Waals surface area contributed by atoms with Crippen LogP contribution in [-0.2, 0) is 0 Å².